The first-order chi connectivity index (χ1) is 14.2. The molecule has 1 aliphatic heterocycles. The van der Waals surface area contributed by atoms with E-state index >= 15 is 0 Å². The van der Waals surface area contributed by atoms with Crippen molar-refractivity contribution in [1.29, 1.82) is 0 Å². The second-order valence-electron chi connectivity index (χ2n) is 7.10. The Morgan fingerprint density at radius 1 is 0.966 bits per heavy atom. The van der Waals surface area contributed by atoms with Crippen molar-refractivity contribution in [3.05, 3.63) is 48.6 Å². The van der Waals surface area contributed by atoms with Crippen molar-refractivity contribution in [3.63, 3.8) is 0 Å². The van der Waals surface area contributed by atoms with Crippen LogP contribution in [0.5, 0.6) is 0 Å². The molecule has 0 saturated carbocycles. The van der Waals surface area contributed by atoms with Crippen LogP contribution in [0.3, 0.4) is 0 Å². The van der Waals surface area contributed by atoms with Gasteiger partial charge in [-0.05, 0) is 18.6 Å². The molecule has 1 saturated heterocycles. The highest BCUT2D eigenvalue weighted by Gasteiger charge is 2.21. The molecule has 148 valence electrons. The Morgan fingerprint density at radius 3 is 2.62 bits per heavy atom. The zero-order valence-electron chi connectivity index (χ0n) is 16.2. The van der Waals surface area contributed by atoms with Crippen LogP contribution in [0, 0.1) is 5.82 Å². The van der Waals surface area contributed by atoms with E-state index in [9.17, 15) is 4.39 Å². The highest BCUT2D eigenvalue weighted by Crippen LogP contribution is 2.26. The van der Waals surface area contributed by atoms with Gasteiger partial charge in [-0.15, -0.1) is 10.2 Å². The first-order valence-corrected chi connectivity index (χ1v) is 9.83. The maximum Gasteiger partial charge on any atom is 0.203 e. The SMILES string of the molecule is CCc1nnc2c(N3CCCN(c4ncnc5cc(F)ccc45)CC3)nccn12. The van der Waals surface area contributed by atoms with Crippen LogP contribution in [0.15, 0.2) is 36.9 Å². The molecule has 0 bridgehead atoms. The number of benzene rings is 1. The monoisotopic (exact) mass is 392 g/mol. The van der Waals surface area contributed by atoms with E-state index in [1.807, 2.05) is 10.6 Å². The third-order valence-corrected chi connectivity index (χ3v) is 5.37. The molecular weight excluding hydrogens is 371 g/mol. The third kappa shape index (κ3) is 3.12. The van der Waals surface area contributed by atoms with Crippen LogP contribution in [0.25, 0.3) is 16.6 Å². The average Bonchev–Trinajstić information content (AvgIpc) is 3.02. The van der Waals surface area contributed by atoms with Crippen LogP contribution < -0.4 is 9.80 Å². The highest BCUT2D eigenvalue weighted by molar-refractivity contribution is 5.89. The van der Waals surface area contributed by atoms with Crippen molar-refractivity contribution in [1.82, 2.24) is 29.5 Å². The predicted octanol–water partition coefficient (Wildman–Crippen LogP) is 2.49. The average molecular weight is 392 g/mol. The number of nitrogens with zero attached hydrogens (tertiary/aromatic N) is 8. The number of anilines is 2. The van der Waals surface area contributed by atoms with Crippen LogP contribution in [0.1, 0.15) is 19.2 Å². The Kier molecular flexibility index (Phi) is 4.42. The fourth-order valence-corrected chi connectivity index (χ4v) is 3.93. The lowest BCUT2D eigenvalue weighted by Crippen LogP contribution is -2.32. The van der Waals surface area contributed by atoms with Crippen molar-refractivity contribution in [3.8, 4) is 0 Å². The summed E-state index contributed by atoms with van der Waals surface area (Å²) >= 11 is 0. The summed E-state index contributed by atoms with van der Waals surface area (Å²) in [6.07, 6.45) is 6.99. The summed E-state index contributed by atoms with van der Waals surface area (Å²) in [5.74, 6) is 2.35. The molecule has 4 heterocycles. The van der Waals surface area contributed by atoms with Crippen molar-refractivity contribution in [2.24, 2.45) is 0 Å². The lowest BCUT2D eigenvalue weighted by atomic mass is 10.2. The molecule has 0 radical (unpaired) electrons. The second-order valence-corrected chi connectivity index (χ2v) is 7.10. The standard InChI is InChI=1S/C20H21FN8/c1-2-17-25-26-20-19(22-6-9-29(17)20)28-8-3-7-27(10-11-28)18-15-5-4-14(21)12-16(15)23-13-24-18/h4-6,9,12-13H,2-3,7-8,10-11H2,1H3. The van der Waals surface area contributed by atoms with Gasteiger partial charge in [0, 0.05) is 56.4 Å². The van der Waals surface area contributed by atoms with Crippen LogP contribution >= 0.6 is 0 Å². The van der Waals surface area contributed by atoms with Gasteiger partial charge in [-0.2, -0.15) is 0 Å². The Balaban J connectivity index is 1.44. The molecule has 3 aromatic heterocycles. The van der Waals surface area contributed by atoms with E-state index in [0.717, 1.165) is 67.5 Å². The minimum atomic E-state index is -0.289. The minimum absolute atomic E-state index is 0.289. The summed E-state index contributed by atoms with van der Waals surface area (Å²) in [6.45, 7) is 5.36. The van der Waals surface area contributed by atoms with E-state index in [4.69, 9.17) is 0 Å². The number of halogens is 1. The molecule has 0 atom stereocenters. The molecule has 1 aromatic carbocycles. The largest absolute Gasteiger partial charge is 0.354 e. The van der Waals surface area contributed by atoms with Gasteiger partial charge in [0.05, 0.1) is 5.52 Å². The number of rotatable bonds is 3. The maximum atomic E-state index is 13.6. The Morgan fingerprint density at radius 2 is 1.79 bits per heavy atom. The minimum Gasteiger partial charge on any atom is -0.354 e. The maximum absolute atomic E-state index is 13.6. The van der Waals surface area contributed by atoms with Gasteiger partial charge in [-0.1, -0.05) is 6.92 Å². The van der Waals surface area contributed by atoms with Gasteiger partial charge in [0.2, 0.25) is 5.65 Å². The molecular formula is C20H21FN8. The van der Waals surface area contributed by atoms with E-state index < -0.39 is 0 Å². The zero-order valence-corrected chi connectivity index (χ0v) is 16.2. The van der Waals surface area contributed by atoms with Gasteiger partial charge in [0.15, 0.2) is 5.82 Å². The lowest BCUT2D eigenvalue weighted by Gasteiger charge is -2.24. The Labute approximate surface area is 167 Å². The first-order valence-electron chi connectivity index (χ1n) is 9.83. The molecule has 29 heavy (non-hydrogen) atoms. The molecule has 8 nitrogen and oxygen atoms in total. The summed E-state index contributed by atoms with van der Waals surface area (Å²) in [4.78, 5) is 17.8. The number of hydrogen-bond donors (Lipinski definition) is 0. The van der Waals surface area contributed by atoms with E-state index in [-0.39, 0.29) is 5.82 Å². The Bertz CT molecular complexity index is 1170. The summed E-state index contributed by atoms with van der Waals surface area (Å²) in [7, 11) is 0. The summed E-state index contributed by atoms with van der Waals surface area (Å²) in [5, 5.41) is 9.51. The van der Waals surface area contributed by atoms with Gasteiger partial charge in [0.25, 0.3) is 0 Å². The molecule has 1 aliphatic rings. The molecule has 0 unspecified atom stereocenters. The molecule has 1 fully saturated rings. The molecule has 4 aromatic rings. The van der Waals surface area contributed by atoms with Gasteiger partial charge in [-0.3, -0.25) is 4.40 Å². The molecule has 0 amide bonds. The molecule has 0 aliphatic carbocycles. The number of fused-ring (bicyclic) bond motifs is 2. The van der Waals surface area contributed by atoms with Crippen LogP contribution in [0.2, 0.25) is 0 Å². The van der Waals surface area contributed by atoms with E-state index in [1.165, 1.54) is 18.5 Å². The molecule has 9 heteroatoms. The van der Waals surface area contributed by atoms with E-state index in [1.54, 1.807) is 12.3 Å². The number of aryl methyl sites for hydroxylation is 1. The normalized spacial score (nSPS) is 15.2. The predicted molar refractivity (Wildman–Crippen MR) is 109 cm³/mol. The third-order valence-electron chi connectivity index (χ3n) is 5.37. The number of aromatic nitrogens is 6. The quantitative estimate of drug-likeness (QED) is 0.530. The fraction of sp³-hybridized carbons (Fsp3) is 0.350. The van der Waals surface area contributed by atoms with Crippen molar-refractivity contribution in [2.75, 3.05) is 36.0 Å². The van der Waals surface area contributed by atoms with Gasteiger partial charge < -0.3 is 9.80 Å². The summed E-state index contributed by atoms with van der Waals surface area (Å²) < 4.78 is 15.6. The summed E-state index contributed by atoms with van der Waals surface area (Å²) in [6, 6.07) is 4.67. The molecule has 0 spiro atoms. The fourth-order valence-electron chi connectivity index (χ4n) is 3.93. The highest BCUT2D eigenvalue weighted by atomic mass is 19.1. The molecule has 0 N–H and O–H groups in total. The van der Waals surface area contributed by atoms with Gasteiger partial charge in [0.1, 0.15) is 23.8 Å². The zero-order chi connectivity index (χ0) is 19.8. The van der Waals surface area contributed by atoms with Crippen molar-refractivity contribution < 1.29 is 4.39 Å². The van der Waals surface area contributed by atoms with Crippen LogP contribution in [-0.4, -0.2) is 55.7 Å². The van der Waals surface area contributed by atoms with Crippen molar-refractivity contribution >= 4 is 28.2 Å². The van der Waals surface area contributed by atoms with Crippen LogP contribution in [-0.2, 0) is 6.42 Å². The number of hydrogen-bond acceptors (Lipinski definition) is 7. The first kappa shape index (κ1) is 17.7. The van der Waals surface area contributed by atoms with Gasteiger partial charge in [-0.25, -0.2) is 19.3 Å². The van der Waals surface area contributed by atoms with Gasteiger partial charge >= 0.3 is 0 Å². The summed E-state index contributed by atoms with van der Waals surface area (Å²) in [5.41, 5.74) is 1.42. The second kappa shape index (κ2) is 7.23. The van der Waals surface area contributed by atoms with Crippen molar-refractivity contribution in [2.45, 2.75) is 19.8 Å². The smallest absolute Gasteiger partial charge is 0.203 e. The topological polar surface area (TPSA) is 75.3 Å². The lowest BCUT2D eigenvalue weighted by molar-refractivity contribution is 0.629. The van der Waals surface area contributed by atoms with E-state index in [2.05, 4.69) is 41.9 Å². The van der Waals surface area contributed by atoms with E-state index in [0.29, 0.717) is 5.52 Å². The van der Waals surface area contributed by atoms with Crippen LogP contribution in [0.4, 0.5) is 16.0 Å². The Hall–Kier alpha value is -3.36. The molecule has 5 rings (SSSR count).